The van der Waals surface area contributed by atoms with E-state index >= 15 is 0 Å². The van der Waals surface area contributed by atoms with Crippen LogP contribution in [0.1, 0.15) is 40.0 Å². The van der Waals surface area contributed by atoms with Crippen LogP contribution in [0.3, 0.4) is 0 Å². The number of carbonyl (C=O) groups is 1. The Kier molecular flexibility index (Phi) is 4.63. The molecule has 0 unspecified atom stereocenters. The van der Waals surface area contributed by atoms with Crippen molar-refractivity contribution in [1.29, 1.82) is 0 Å². The SMILES string of the molecule is CC(C)(C)OC(=O)N[C@H]1CC[C@@H](CN=[N+]=[N-])C1. The van der Waals surface area contributed by atoms with Crippen molar-refractivity contribution in [1.82, 2.24) is 5.32 Å². The van der Waals surface area contributed by atoms with Gasteiger partial charge in [0.05, 0.1) is 0 Å². The molecule has 2 atom stereocenters. The molecule has 0 bridgehead atoms. The van der Waals surface area contributed by atoms with Crippen molar-refractivity contribution in [3.8, 4) is 0 Å². The number of amides is 1. The molecule has 0 heterocycles. The predicted octanol–water partition coefficient (Wildman–Crippen LogP) is 2.99. The molecule has 6 nitrogen and oxygen atoms in total. The zero-order valence-electron chi connectivity index (χ0n) is 10.6. The lowest BCUT2D eigenvalue weighted by molar-refractivity contribution is 0.0504. The number of azide groups is 1. The molecule has 96 valence electrons. The van der Waals surface area contributed by atoms with Crippen molar-refractivity contribution in [2.45, 2.75) is 51.7 Å². The average Bonchev–Trinajstić information content (AvgIpc) is 2.59. The molecular weight excluding hydrogens is 220 g/mol. The minimum absolute atomic E-state index is 0.142. The van der Waals surface area contributed by atoms with E-state index in [2.05, 4.69) is 15.3 Å². The molecule has 1 aliphatic rings. The summed E-state index contributed by atoms with van der Waals surface area (Å²) >= 11 is 0. The number of nitrogens with zero attached hydrogens (tertiary/aromatic N) is 3. The molecule has 0 saturated heterocycles. The Hall–Kier alpha value is -1.42. The van der Waals surface area contributed by atoms with Gasteiger partial charge in [-0.1, -0.05) is 5.11 Å². The maximum atomic E-state index is 11.5. The molecule has 1 N–H and O–H groups in total. The van der Waals surface area contributed by atoms with E-state index in [9.17, 15) is 4.79 Å². The van der Waals surface area contributed by atoms with Gasteiger partial charge in [0, 0.05) is 17.5 Å². The van der Waals surface area contributed by atoms with E-state index in [1.54, 1.807) is 0 Å². The summed E-state index contributed by atoms with van der Waals surface area (Å²) in [7, 11) is 0. The first-order chi connectivity index (χ1) is 7.90. The van der Waals surface area contributed by atoms with Gasteiger partial charge in [-0.2, -0.15) is 0 Å². The van der Waals surface area contributed by atoms with Gasteiger partial charge in [0.15, 0.2) is 0 Å². The highest BCUT2D eigenvalue weighted by atomic mass is 16.6. The van der Waals surface area contributed by atoms with Crippen LogP contribution in [0.25, 0.3) is 10.4 Å². The Morgan fingerprint density at radius 1 is 1.53 bits per heavy atom. The van der Waals surface area contributed by atoms with Crippen molar-refractivity contribution in [3.05, 3.63) is 10.4 Å². The van der Waals surface area contributed by atoms with E-state index in [-0.39, 0.29) is 12.1 Å². The third-order valence-electron chi connectivity index (χ3n) is 2.67. The minimum atomic E-state index is -0.465. The normalized spacial score (nSPS) is 23.9. The standard InChI is InChI=1S/C11H20N4O2/c1-11(2,3)17-10(16)14-9-5-4-8(6-9)7-13-15-12/h8-9H,4-7H2,1-3H3,(H,14,16)/t8-,9+/m1/s1. The van der Waals surface area contributed by atoms with Gasteiger partial charge in [0.1, 0.15) is 5.60 Å². The number of hydrogen-bond donors (Lipinski definition) is 1. The Balaban J connectivity index is 2.30. The maximum Gasteiger partial charge on any atom is 0.407 e. The average molecular weight is 240 g/mol. The van der Waals surface area contributed by atoms with Gasteiger partial charge in [-0.25, -0.2) is 4.79 Å². The lowest BCUT2D eigenvalue weighted by Gasteiger charge is -2.21. The third kappa shape index (κ3) is 5.45. The summed E-state index contributed by atoms with van der Waals surface area (Å²) in [6.07, 6.45) is 2.40. The second kappa shape index (κ2) is 5.77. The van der Waals surface area contributed by atoms with Gasteiger partial charge in [-0.3, -0.25) is 0 Å². The highest BCUT2D eigenvalue weighted by Crippen LogP contribution is 2.26. The van der Waals surface area contributed by atoms with Crippen LogP contribution in [-0.4, -0.2) is 24.3 Å². The Labute approximate surface area is 101 Å². The first-order valence-electron chi connectivity index (χ1n) is 5.91. The van der Waals surface area contributed by atoms with Gasteiger partial charge in [0.25, 0.3) is 0 Å². The van der Waals surface area contributed by atoms with Crippen LogP contribution >= 0.6 is 0 Å². The highest BCUT2D eigenvalue weighted by molar-refractivity contribution is 5.68. The van der Waals surface area contributed by atoms with Crippen LogP contribution in [0.2, 0.25) is 0 Å². The fourth-order valence-electron chi connectivity index (χ4n) is 2.00. The summed E-state index contributed by atoms with van der Waals surface area (Å²) in [4.78, 5) is 14.3. The molecule has 0 spiro atoms. The molecule has 0 aromatic heterocycles. The van der Waals surface area contributed by atoms with E-state index < -0.39 is 5.60 Å². The quantitative estimate of drug-likeness (QED) is 0.467. The second-order valence-electron chi connectivity index (χ2n) is 5.44. The summed E-state index contributed by atoms with van der Waals surface area (Å²) < 4.78 is 5.18. The Morgan fingerprint density at radius 2 is 2.24 bits per heavy atom. The van der Waals surface area contributed by atoms with Crippen LogP contribution < -0.4 is 5.32 Å². The van der Waals surface area contributed by atoms with Crippen LogP contribution in [0.5, 0.6) is 0 Å². The molecule has 0 aliphatic heterocycles. The molecule has 17 heavy (non-hydrogen) atoms. The summed E-state index contributed by atoms with van der Waals surface area (Å²) in [5, 5.41) is 6.41. The van der Waals surface area contributed by atoms with Crippen molar-refractivity contribution in [2.24, 2.45) is 11.0 Å². The zero-order chi connectivity index (χ0) is 12.9. The van der Waals surface area contributed by atoms with Gasteiger partial charge in [-0.15, -0.1) is 0 Å². The predicted molar refractivity (Wildman–Crippen MR) is 64.5 cm³/mol. The lowest BCUT2D eigenvalue weighted by atomic mass is 10.1. The van der Waals surface area contributed by atoms with Gasteiger partial charge in [0.2, 0.25) is 0 Å². The molecule has 1 fully saturated rings. The maximum absolute atomic E-state index is 11.5. The van der Waals surface area contributed by atoms with E-state index in [4.69, 9.17) is 10.3 Å². The first kappa shape index (κ1) is 13.6. The van der Waals surface area contributed by atoms with Crippen molar-refractivity contribution < 1.29 is 9.53 Å². The summed E-state index contributed by atoms with van der Waals surface area (Å²) in [6, 6.07) is 0.142. The summed E-state index contributed by atoms with van der Waals surface area (Å²) in [5.41, 5.74) is 7.77. The first-order valence-corrected chi connectivity index (χ1v) is 5.91. The van der Waals surface area contributed by atoms with Gasteiger partial charge < -0.3 is 10.1 Å². The van der Waals surface area contributed by atoms with Crippen LogP contribution in [0.15, 0.2) is 5.11 Å². The van der Waals surface area contributed by atoms with E-state index in [0.717, 1.165) is 19.3 Å². The van der Waals surface area contributed by atoms with Crippen LogP contribution in [0, 0.1) is 5.92 Å². The van der Waals surface area contributed by atoms with Crippen molar-refractivity contribution in [3.63, 3.8) is 0 Å². The lowest BCUT2D eigenvalue weighted by Crippen LogP contribution is -2.38. The molecule has 6 heteroatoms. The highest BCUT2D eigenvalue weighted by Gasteiger charge is 2.27. The Morgan fingerprint density at radius 3 is 2.82 bits per heavy atom. The molecule has 1 rings (SSSR count). The number of hydrogen-bond acceptors (Lipinski definition) is 3. The number of ether oxygens (including phenoxy) is 1. The van der Waals surface area contributed by atoms with E-state index in [1.165, 1.54) is 0 Å². The number of rotatable bonds is 3. The van der Waals surface area contributed by atoms with Gasteiger partial charge in [-0.05, 0) is 51.5 Å². The zero-order valence-corrected chi connectivity index (χ0v) is 10.6. The largest absolute Gasteiger partial charge is 0.444 e. The van der Waals surface area contributed by atoms with E-state index in [0.29, 0.717) is 12.5 Å². The number of nitrogens with one attached hydrogen (secondary N) is 1. The number of carbonyl (C=O) groups excluding carboxylic acids is 1. The summed E-state index contributed by atoms with van der Waals surface area (Å²) in [6.45, 7) is 6.03. The third-order valence-corrected chi connectivity index (χ3v) is 2.67. The number of alkyl carbamates (subject to hydrolysis) is 1. The fraction of sp³-hybridized carbons (Fsp3) is 0.909. The minimum Gasteiger partial charge on any atom is -0.444 e. The van der Waals surface area contributed by atoms with Crippen molar-refractivity contribution in [2.75, 3.05) is 6.54 Å². The molecule has 0 aromatic carbocycles. The van der Waals surface area contributed by atoms with Crippen LogP contribution in [0.4, 0.5) is 4.79 Å². The Bertz CT molecular complexity index is 318. The molecule has 1 aliphatic carbocycles. The molecule has 0 radical (unpaired) electrons. The molecule has 1 saturated carbocycles. The monoisotopic (exact) mass is 240 g/mol. The smallest absolute Gasteiger partial charge is 0.407 e. The van der Waals surface area contributed by atoms with E-state index in [1.807, 2.05) is 20.8 Å². The molecule has 0 aromatic rings. The summed E-state index contributed by atoms with van der Waals surface area (Å²) in [5.74, 6) is 0.380. The second-order valence-corrected chi connectivity index (χ2v) is 5.44. The van der Waals surface area contributed by atoms with Crippen LogP contribution in [-0.2, 0) is 4.74 Å². The van der Waals surface area contributed by atoms with Gasteiger partial charge >= 0.3 is 6.09 Å². The molecular formula is C11H20N4O2. The fourth-order valence-corrected chi connectivity index (χ4v) is 2.00. The molecule has 1 amide bonds. The van der Waals surface area contributed by atoms with Crippen molar-refractivity contribution >= 4 is 6.09 Å². The topological polar surface area (TPSA) is 87.1 Å².